The molecular formula is C22H15FIN3O2S. The minimum absolute atomic E-state index is 0.301. The van der Waals surface area contributed by atoms with E-state index in [4.69, 9.17) is 4.74 Å². The van der Waals surface area contributed by atoms with E-state index in [1.54, 1.807) is 31.4 Å². The van der Waals surface area contributed by atoms with Gasteiger partial charge in [0.25, 0.3) is 5.91 Å². The van der Waals surface area contributed by atoms with Crippen LogP contribution in [0.25, 0.3) is 10.2 Å². The summed E-state index contributed by atoms with van der Waals surface area (Å²) in [6.07, 6.45) is 1.51. The monoisotopic (exact) mass is 531 g/mol. The fourth-order valence-corrected chi connectivity index (χ4v) is 4.29. The second-order valence-electron chi connectivity index (χ2n) is 6.22. The molecule has 0 aliphatic rings. The molecule has 0 saturated carbocycles. The summed E-state index contributed by atoms with van der Waals surface area (Å²) in [5.74, 6) is 0.0754. The summed E-state index contributed by atoms with van der Waals surface area (Å²) in [7, 11) is 1.60. The van der Waals surface area contributed by atoms with Crippen molar-refractivity contribution in [3.63, 3.8) is 0 Å². The molecule has 0 N–H and O–H groups in total. The Morgan fingerprint density at radius 1 is 1.17 bits per heavy atom. The van der Waals surface area contributed by atoms with Gasteiger partial charge in [0.2, 0.25) is 5.13 Å². The van der Waals surface area contributed by atoms with E-state index in [-0.39, 0.29) is 11.7 Å². The van der Waals surface area contributed by atoms with Gasteiger partial charge >= 0.3 is 0 Å². The van der Waals surface area contributed by atoms with Crippen LogP contribution < -0.4 is 9.75 Å². The quantitative estimate of drug-likeness (QED) is 0.188. The lowest BCUT2D eigenvalue weighted by Gasteiger charge is -2.14. The largest absolute Gasteiger partial charge is 0.497 e. The molecule has 4 rings (SSSR count). The molecule has 0 radical (unpaired) electrons. The zero-order valence-electron chi connectivity index (χ0n) is 15.8. The lowest BCUT2D eigenvalue weighted by atomic mass is 10.2. The van der Waals surface area contributed by atoms with Crippen LogP contribution in [-0.2, 0) is 0 Å². The highest BCUT2D eigenvalue weighted by atomic mass is 127. The number of benzene rings is 3. The number of nitrogens with zero attached hydrogens (tertiary/aromatic N) is 3. The predicted molar refractivity (Wildman–Crippen MR) is 126 cm³/mol. The standard InChI is InChI=1S/C22H15FIN3O2S/c1-29-16-10-11-19-20(12-16)30-22(26-19)27(21(28)17-4-2-3-5-18(17)24)25-13-14-6-8-15(23)9-7-14/h2-13H,1H3/b25-13+. The van der Waals surface area contributed by atoms with E-state index in [2.05, 4.69) is 32.7 Å². The van der Waals surface area contributed by atoms with Gasteiger partial charge in [-0.05, 0) is 70.6 Å². The van der Waals surface area contributed by atoms with Gasteiger partial charge < -0.3 is 4.74 Å². The molecule has 150 valence electrons. The number of ether oxygens (including phenoxy) is 1. The molecule has 0 saturated heterocycles. The van der Waals surface area contributed by atoms with E-state index in [0.29, 0.717) is 22.0 Å². The number of hydrogen-bond acceptors (Lipinski definition) is 5. The van der Waals surface area contributed by atoms with E-state index >= 15 is 0 Å². The van der Waals surface area contributed by atoms with E-state index in [0.717, 1.165) is 13.8 Å². The molecule has 0 bridgehead atoms. The smallest absolute Gasteiger partial charge is 0.281 e. The molecule has 0 aliphatic carbocycles. The van der Waals surface area contributed by atoms with Gasteiger partial charge in [-0.2, -0.15) is 10.1 Å². The third kappa shape index (κ3) is 4.34. The minimum Gasteiger partial charge on any atom is -0.497 e. The number of methoxy groups -OCH3 is 1. The van der Waals surface area contributed by atoms with Crippen LogP contribution in [0.4, 0.5) is 9.52 Å². The van der Waals surface area contributed by atoms with E-state index in [1.165, 1.54) is 34.7 Å². The number of hydrogen-bond donors (Lipinski definition) is 0. The van der Waals surface area contributed by atoms with Gasteiger partial charge in [0, 0.05) is 3.57 Å². The fourth-order valence-electron chi connectivity index (χ4n) is 2.72. The van der Waals surface area contributed by atoms with Gasteiger partial charge in [-0.3, -0.25) is 4.79 Å². The van der Waals surface area contributed by atoms with Crippen molar-refractivity contribution in [3.8, 4) is 5.75 Å². The first-order valence-electron chi connectivity index (χ1n) is 8.88. The Kier molecular flexibility index (Phi) is 6.05. The number of rotatable bonds is 5. The number of hydrazone groups is 1. The lowest BCUT2D eigenvalue weighted by Crippen LogP contribution is -2.26. The van der Waals surface area contributed by atoms with Gasteiger partial charge in [-0.1, -0.05) is 35.6 Å². The minimum atomic E-state index is -0.334. The normalized spacial score (nSPS) is 11.2. The maximum Gasteiger partial charge on any atom is 0.281 e. The van der Waals surface area contributed by atoms with E-state index in [1.807, 2.05) is 30.3 Å². The van der Waals surface area contributed by atoms with Crippen molar-refractivity contribution < 1.29 is 13.9 Å². The maximum atomic E-state index is 13.3. The molecule has 0 unspecified atom stereocenters. The molecule has 0 aliphatic heterocycles. The molecule has 4 aromatic rings. The Bertz CT molecular complexity index is 1240. The Morgan fingerprint density at radius 3 is 2.67 bits per heavy atom. The number of carbonyl (C=O) groups is 1. The Morgan fingerprint density at radius 2 is 1.93 bits per heavy atom. The number of amides is 1. The summed E-state index contributed by atoms with van der Waals surface area (Å²) in [6, 6.07) is 18.7. The molecular weight excluding hydrogens is 516 g/mol. The summed E-state index contributed by atoms with van der Waals surface area (Å²) < 4.78 is 20.2. The average molecular weight is 531 g/mol. The first-order chi connectivity index (χ1) is 14.5. The molecule has 3 aromatic carbocycles. The van der Waals surface area contributed by atoms with Crippen molar-refractivity contribution in [3.05, 3.63) is 87.2 Å². The second kappa shape index (κ2) is 8.88. The van der Waals surface area contributed by atoms with Crippen molar-refractivity contribution in [1.82, 2.24) is 4.98 Å². The Hall–Kier alpha value is -2.85. The highest BCUT2D eigenvalue weighted by molar-refractivity contribution is 14.1. The van der Waals surface area contributed by atoms with Crippen molar-refractivity contribution >= 4 is 61.4 Å². The maximum absolute atomic E-state index is 13.3. The van der Waals surface area contributed by atoms with Crippen LogP contribution in [-0.4, -0.2) is 24.2 Å². The van der Waals surface area contributed by atoms with Gasteiger partial charge in [0.1, 0.15) is 11.6 Å². The fraction of sp³-hybridized carbons (Fsp3) is 0.0455. The van der Waals surface area contributed by atoms with Gasteiger partial charge in [0.05, 0.1) is 29.1 Å². The Labute approximate surface area is 190 Å². The van der Waals surface area contributed by atoms with Crippen molar-refractivity contribution in [2.75, 3.05) is 12.1 Å². The third-order valence-electron chi connectivity index (χ3n) is 4.25. The van der Waals surface area contributed by atoms with Gasteiger partial charge in [-0.25, -0.2) is 9.37 Å². The van der Waals surface area contributed by atoms with Crippen LogP contribution in [0.3, 0.4) is 0 Å². The molecule has 5 nitrogen and oxygen atoms in total. The van der Waals surface area contributed by atoms with Crippen LogP contribution in [0.1, 0.15) is 15.9 Å². The summed E-state index contributed by atoms with van der Waals surface area (Å²) in [5.41, 5.74) is 1.93. The molecule has 1 aromatic heterocycles. The molecule has 1 heterocycles. The van der Waals surface area contributed by atoms with Crippen molar-refractivity contribution in [2.24, 2.45) is 5.10 Å². The summed E-state index contributed by atoms with van der Waals surface area (Å²) in [4.78, 5) is 17.9. The highest BCUT2D eigenvalue weighted by Crippen LogP contribution is 2.32. The van der Waals surface area contributed by atoms with Crippen LogP contribution in [0.2, 0.25) is 0 Å². The van der Waals surface area contributed by atoms with Gasteiger partial charge in [-0.15, -0.1) is 0 Å². The molecule has 30 heavy (non-hydrogen) atoms. The number of anilines is 1. The van der Waals surface area contributed by atoms with Gasteiger partial charge in [0.15, 0.2) is 0 Å². The summed E-state index contributed by atoms with van der Waals surface area (Å²) in [5, 5.41) is 6.11. The van der Waals surface area contributed by atoms with Crippen LogP contribution >= 0.6 is 33.9 Å². The molecule has 1 amide bonds. The average Bonchev–Trinajstić information content (AvgIpc) is 3.18. The van der Waals surface area contributed by atoms with E-state index < -0.39 is 0 Å². The van der Waals surface area contributed by atoms with Crippen LogP contribution in [0.15, 0.2) is 71.8 Å². The SMILES string of the molecule is COc1ccc2nc(N(/N=C/c3ccc(F)cc3)C(=O)c3ccccc3I)sc2c1. The Balaban J connectivity index is 1.77. The number of carbonyl (C=O) groups excluding carboxylic acids is 1. The zero-order chi connectivity index (χ0) is 21.1. The lowest BCUT2D eigenvalue weighted by molar-refractivity contribution is 0.0987. The number of fused-ring (bicyclic) bond motifs is 1. The van der Waals surface area contributed by atoms with Crippen molar-refractivity contribution in [2.45, 2.75) is 0 Å². The molecule has 0 fully saturated rings. The van der Waals surface area contributed by atoms with Crippen molar-refractivity contribution in [1.29, 1.82) is 0 Å². The number of halogens is 2. The number of thiazole rings is 1. The first-order valence-corrected chi connectivity index (χ1v) is 10.8. The van der Waals surface area contributed by atoms with E-state index in [9.17, 15) is 9.18 Å². The second-order valence-corrected chi connectivity index (χ2v) is 8.39. The topological polar surface area (TPSA) is 54.8 Å². The third-order valence-corrected chi connectivity index (χ3v) is 6.19. The highest BCUT2D eigenvalue weighted by Gasteiger charge is 2.22. The molecule has 8 heteroatoms. The number of aromatic nitrogens is 1. The molecule has 0 atom stereocenters. The predicted octanol–water partition coefficient (Wildman–Crippen LogP) is 5.73. The summed E-state index contributed by atoms with van der Waals surface area (Å²) >= 11 is 3.46. The molecule has 0 spiro atoms. The zero-order valence-corrected chi connectivity index (χ0v) is 18.7. The first kappa shape index (κ1) is 20.4. The summed E-state index contributed by atoms with van der Waals surface area (Å²) in [6.45, 7) is 0. The van der Waals surface area contributed by atoms with Crippen LogP contribution in [0, 0.1) is 9.39 Å². The van der Waals surface area contributed by atoms with Crippen LogP contribution in [0.5, 0.6) is 5.75 Å².